The van der Waals surface area contributed by atoms with E-state index in [1.807, 2.05) is 33.0 Å². The molecule has 0 saturated carbocycles. The van der Waals surface area contributed by atoms with Crippen molar-refractivity contribution < 1.29 is 9.53 Å². The van der Waals surface area contributed by atoms with Gasteiger partial charge in [-0.05, 0) is 51.7 Å². The van der Waals surface area contributed by atoms with E-state index in [9.17, 15) is 4.79 Å². The number of hydrogen-bond acceptors (Lipinski definition) is 4. The summed E-state index contributed by atoms with van der Waals surface area (Å²) in [6, 6.07) is 4.06. The first kappa shape index (κ1) is 16.9. The first-order chi connectivity index (χ1) is 11.3. The van der Waals surface area contributed by atoms with Crippen LogP contribution in [0.1, 0.15) is 39.3 Å². The minimum atomic E-state index is -0.457. The number of fused-ring (bicyclic) bond motifs is 1. The van der Waals surface area contributed by atoms with Crippen LogP contribution in [0, 0.1) is 5.92 Å². The van der Waals surface area contributed by atoms with Gasteiger partial charge in [-0.2, -0.15) is 0 Å². The molecule has 1 N–H and O–H groups in total. The number of thiocarbonyl (C=S) groups is 1. The second-order valence-corrected chi connectivity index (χ2v) is 7.69. The van der Waals surface area contributed by atoms with Crippen LogP contribution in [-0.2, 0) is 4.74 Å². The topological polar surface area (TPSA) is 58.2 Å². The molecule has 0 atom stereocenters. The number of pyridine rings is 1. The fraction of sp³-hybridized carbons (Fsp3) is 0.500. The highest BCUT2D eigenvalue weighted by atomic mass is 32.1. The Balaban J connectivity index is 1.62. The van der Waals surface area contributed by atoms with Gasteiger partial charge in [-0.25, -0.2) is 4.79 Å². The SMILES string of the molecule is CC(C)(C)OC(=O)N1CCC(C(=S)c2cc3ccncc3[nH]2)CC1. The molecule has 24 heavy (non-hydrogen) atoms. The van der Waals surface area contributed by atoms with Crippen LogP contribution in [0.25, 0.3) is 10.9 Å². The number of aromatic amines is 1. The number of likely N-dealkylation sites (tertiary alicyclic amines) is 1. The van der Waals surface area contributed by atoms with E-state index < -0.39 is 5.60 Å². The summed E-state index contributed by atoms with van der Waals surface area (Å²) in [5.41, 5.74) is 1.53. The summed E-state index contributed by atoms with van der Waals surface area (Å²) in [6.45, 7) is 7.02. The summed E-state index contributed by atoms with van der Waals surface area (Å²) in [5, 5.41) is 1.12. The second-order valence-electron chi connectivity index (χ2n) is 7.25. The van der Waals surface area contributed by atoms with Gasteiger partial charge < -0.3 is 14.6 Å². The molecule has 0 spiro atoms. The summed E-state index contributed by atoms with van der Waals surface area (Å²) < 4.78 is 5.44. The van der Waals surface area contributed by atoms with E-state index in [0.717, 1.165) is 34.3 Å². The first-order valence-electron chi connectivity index (χ1n) is 8.28. The van der Waals surface area contributed by atoms with E-state index in [2.05, 4.69) is 16.0 Å². The first-order valence-corrected chi connectivity index (χ1v) is 8.69. The smallest absolute Gasteiger partial charge is 0.410 e. The summed E-state index contributed by atoms with van der Waals surface area (Å²) >= 11 is 5.69. The molecule has 0 bridgehead atoms. The van der Waals surface area contributed by atoms with E-state index >= 15 is 0 Å². The molecule has 3 rings (SSSR count). The number of carbonyl (C=O) groups is 1. The maximum atomic E-state index is 12.1. The van der Waals surface area contributed by atoms with Crippen LogP contribution in [0.3, 0.4) is 0 Å². The molecule has 5 nitrogen and oxygen atoms in total. The number of aromatic nitrogens is 2. The summed E-state index contributed by atoms with van der Waals surface area (Å²) in [4.78, 5) is 22.3. The molecule has 1 aliphatic heterocycles. The fourth-order valence-corrected chi connectivity index (χ4v) is 3.32. The lowest BCUT2D eigenvalue weighted by molar-refractivity contribution is 0.0202. The minimum absolute atomic E-state index is 0.233. The number of carbonyl (C=O) groups excluding carboxylic acids is 1. The quantitative estimate of drug-likeness (QED) is 0.662. The molecule has 1 aliphatic rings. The zero-order valence-electron chi connectivity index (χ0n) is 14.3. The molecule has 3 heterocycles. The van der Waals surface area contributed by atoms with E-state index in [0.29, 0.717) is 19.0 Å². The second kappa shape index (κ2) is 6.51. The van der Waals surface area contributed by atoms with E-state index in [-0.39, 0.29) is 6.09 Å². The molecule has 1 saturated heterocycles. The van der Waals surface area contributed by atoms with Crippen LogP contribution in [0.4, 0.5) is 4.79 Å². The molecule has 2 aromatic heterocycles. The molecular weight excluding hydrogens is 322 g/mol. The molecule has 128 valence electrons. The van der Waals surface area contributed by atoms with Gasteiger partial charge in [-0.3, -0.25) is 4.98 Å². The number of nitrogens with one attached hydrogen (secondary N) is 1. The van der Waals surface area contributed by atoms with Crippen molar-refractivity contribution in [1.29, 1.82) is 0 Å². The third-order valence-electron chi connectivity index (χ3n) is 4.21. The standard InChI is InChI=1S/C18H23N3O2S/c1-18(2,3)23-17(22)21-8-5-12(6-9-21)16(24)14-10-13-4-7-19-11-15(13)20-14/h4,7,10-12,20H,5-6,8-9H2,1-3H3. The van der Waals surface area contributed by atoms with Crippen LogP contribution in [0.2, 0.25) is 0 Å². The van der Waals surface area contributed by atoms with Gasteiger partial charge in [0.2, 0.25) is 0 Å². The molecule has 2 aromatic rings. The lowest BCUT2D eigenvalue weighted by Crippen LogP contribution is -2.42. The van der Waals surface area contributed by atoms with Crippen LogP contribution in [0.15, 0.2) is 24.5 Å². The molecule has 6 heteroatoms. The summed E-state index contributed by atoms with van der Waals surface area (Å²) in [6.07, 6.45) is 5.09. The Morgan fingerprint density at radius 3 is 2.71 bits per heavy atom. The Morgan fingerprint density at radius 2 is 2.08 bits per heavy atom. The molecule has 1 amide bonds. The van der Waals surface area contributed by atoms with Crippen molar-refractivity contribution in [2.24, 2.45) is 5.92 Å². The van der Waals surface area contributed by atoms with Crippen LogP contribution >= 0.6 is 12.2 Å². The highest BCUT2D eigenvalue weighted by Gasteiger charge is 2.29. The number of hydrogen-bond donors (Lipinski definition) is 1. The van der Waals surface area contributed by atoms with E-state index in [1.165, 1.54) is 0 Å². The maximum absolute atomic E-state index is 12.1. The van der Waals surface area contributed by atoms with Gasteiger partial charge in [-0.15, -0.1) is 0 Å². The predicted octanol–water partition coefficient (Wildman–Crippen LogP) is 3.93. The zero-order chi connectivity index (χ0) is 17.3. The van der Waals surface area contributed by atoms with Gasteiger partial charge in [0.05, 0.1) is 17.4 Å². The molecule has 0 radical (unpaired) electrons. The number of nitrogens with zero attached hydrogens (tertiary/aromatic N) is 2. The van der Waals surface area contributed by atoms with Crippen molar-refractivity contribution >= 4 is 34.1 Å². The monoisotopic (exact) mass is 345 g/mol. The average Bonchev–Trinajstić information content (AvgIpc) is 2.96. The number of rotatable bonds is 2. The van der Waals surface area contributed by atoms with Gasteiger partial charge in [0.1, 0.15) is 5.60 Å². The molecule has 0 aliphatic carbocycles. The molecule has 1 fully saturated rings. The lowest BCUT2D eigenvalue weighted by atomic mass is 9.92. The zero-order valence-corrected chi connectivity index (χ0v) is 15.2. The van der Waals surface area contributed by atoms with Gasteiger partial charge in [-0.1, -0.05) is 12.2 Å². The number of H-pyrrole nitrogens is 1. The average molecular weight is 345 g/mol. The van der Waals surface area contributed by atoms with Crippen molar-refractivity contribution in [3.63, 3.8) is 0 Å². The highest BCUT2D eigenvalue weighted by Crippen LogP contribution is 2.25. The maximum Gasteiger partial charge on any atom is 0.410 e. The molecule has 0 unspecified atom stereocenters. The van der Waals surface area contributed by atoms with Crippen molar-refractivity contribution in [1.82, 2.24) is 14.9 Å². The van der Waals surface area contributed by atoms with Crippen LogP contribution in [0.5, 0.6) is 0 Å². The Kier molecular flexibility index (Phi) is 4.58. The van der Waals surface area contributed by atoms with Crippen LogP contribution in [-0.4, -0.2) is 44.5 Å². The Labute approximate surface area is 147 Å². The lowest BCUT2D eigenvalue weighted by Gasteiger charge is -2.33. The minimum Gasteiger partial charge on any atom is -0.444 e. The normalized spacial score (nSPS) is 16.4. The Hall–Kier alpha value is -1.95. The Morgan fingerprint density at radius 1 is 1.38 bits per heavy atom. The van der Waals surface area contributed by atoms with Crippen molar-refractivity contribution in [2.75, 3.05) is 13.1 Å². The summed E-state index contributed by atoms with van der Waals surface area (Å²) in [7, 11) is 0. The largest absolute Gasteiger partial charge is 0.444 e. The van der Waals surface area contributed by atoms with E-state index in [1.54, 1.807) is 11.1 Å². The van der Waals surface area contributed by atoms with Crippen molar-refractivity contribution in [3.8, 4) is 0 Å². The molecule has 0 aromatic carbocycles. The van der Waals surface area contributed by atoms with Gasteiger partial charge in [0.25, 0.3) is 0 Å². The predicted molar refractivity (Wildman–Crippen MR) is 98.3 cm³/mol. The third kappa shape index (κ3) is 3.75. The van der Waals surface area contributed by atoms with Gasteiger partial charge in [0.15, 0.2) is 0 Å². The number of piperidine rings is 1. The van der Waals surface area contributed by atoms with Crippen molar-refractivity contribution in [3.05, 3.63) is 30.2 Å². The van der Waals surface area contributed by atoms with Crippen molar-refractivity contribution in [2.45, 2.75) is 39.2 Å². The highest BCUT2D eigenvalue weighted by molar-refractivity contribution is 7.80. The van der Waals surface area contributed by atoms with Crippen LogP contribution < -0.4 is 0 Å². The Bertz CT molecular complexity index is 722. The summed E-state index contributed by atoms with van der Waals surface area (Å²) in [5.74, 6) is 0.305. The third-order valence-corrected chi connectivity index (χ3v) is 4.76. The van der Waals surface area contributed by atoms with Gasteiger partial charge >= 0.3 is 6.09 Å². The number of amides is 1. The molecular formula is C18H23N3O2S. The van der Waals surface area contributed by atoms with Gasteiger partial charge in [0, 0.05) is 29.5 Å². The fourth-order valence-electron chi connectivity index (χ4n) is 2.98. The number of ether oxygens (including phenoxy) is 1. The van der Waals surface area contributed by atoms with E-state index in [4.69, 9.17) is 17.0 Å².